The van der Waals surface area contributed by atoms with Crippen LogP contribution in [0, 0.1) is 11.8 Å². The Morgan fingerprint density at radius 2 is 1.88 bits per heavy atom. The van der Waals surface area contributed by atoms with Gasteiger partial charge in [-0.05, 0) is 24.7 Å². The zero-order valence-corrected chi connectivity index (χ0v) is 7.68. The molecule has 0 heterocycles. The largest absolute Gasteiger partial charge is 0.0823 e. The molecule has 0 spiro atoms. The number of alkyl halides is 1. The van der Waals surface area contributed by atoms with Crippen molar-refractivity contribution in [3.8, 4) is 0 Å². The lowest BCUT2D eigenvalue weighted by molar-refractivity contribution is 0.559. The van der Waals surface area contributed by atoms with Crippen molar-refractivity contribution in [2.24, 2.45) is 11.8 Å². The monoisotopic (exact) mass is 224 g/mol. The Bertz CT molecular complexity index is 70.5. The fourth-order valence-corrected chi connectivity index (χ4v) is 2.66. The van der Waals surface area contributed by atoms with E-state index in [0.717, 1.165) is 15.8 Å². The van der Waals surface area contributed by atoms with Crippen LogP contribution in [0.15, 0.2) is 0 Å². The van der Waals surface area contributed by atoms with E-state index in [2.05, 4.69) is 36.4 Å². The minimum atomic E-state index is 0.961. The van der Waals surface area contributed by atoms with Gasteiger partial charge in [-0.2, -0.15) is 0 Å². The van der Waals surface area contributed by atoms with Gasteiger partial charge in [0, 0.05) is 3.92 Å². The van der Waals surface area contributed by atoms with E-state index in [1.54, 1.807) is 0 Å². The molecule has 1 fully saturated rings. The molecule has 1 heteroatoms. The lowest BCUT2D eigenvalue weighted by Crippen LogP contribution is -1.98. The maximum atomic E-state index is 2.57. The van der Waals surface area contributed by atoms with E-state index >= 15 is 0 Å². The fraction of sp³-hybridized carbons (Fsp3) is 1.00. The van der Waals surface area contributed by atoms with Gasteiger partial charge in [0.25, 0.3) is 0 Å². The van der Waals surface area contributed by atoms with Crippen molar-refractivity contribution in [3.05, 3.63) is 0 Å². The molecule has 8 heavy (non-hydrogen) atoms. The Morgan fingerprint density at radius 1 is 1.25 bits per heavy atom. The molecule has 1 rings (SSSR count). The van der Waals surface area contributed by atoms with Gasteiger partial charge in [-0.15, -0.1) is 0 Å². The number of hydrogen-bond acceptors (Lipinski definition) is 0. The molecule has 0 nitrogen and oxygen atoms in total. The Labute approximate surface area is 65.2 Å². The summed E-state index contributed by atoms with van der Waals surface area (Å²) in [4.78, 5) is 0. The van der Waals surface area contributed by atoms with E-state index in [1.165, 1.54) is 12.8 Å². The SMILES string of the molecule is CC1CC(C)C(I)C1. The van der Waals surface area contributed by atoms with Crippen LogP contribution >= 0.6 is 22.6 Å². The molecule has 0 aromatic rings. The summed E-state index contributed by atoms with van der Waals surface area (Å²) in [5, 5.41) is 0. The van der Waals surface area contributed by atoms with Gasteiger partial charge >= 0.3 is 0 Å². The standard InChI is InChI=1S/C7H13I/c1-5-3-6(2)7(8)4-5/h5-7H,3-4H2,1-2H3. The summed E-state index contributed by atoms with van der Waals surface area (Å²) in [6.07, 6.45) is 2.90. The highest BCUT2D eigenvalue weighted by atomic mass is 127. The van der Waals surface area contributed by atoms with Crippen molar-refractivity contribution in [1.82, 2.24) is 0 Å². The van der Waals surface area contributed by atoms with Crippen LogP contribution in [-0.2, 0) is 0 Å². The lowest BCUT2D eigenvalue weighted by atomic mass is 10.1. The zero-order chi connectivity index (χ0) is 6.15. The second kappa shape index (κ2) is 2.54. The Morgan fingerprint density at radius 3 is 2.00 bits per heavy atom. The van der Waals surface area contributed by atoms with Crippen molar-refractivity contribution >= 4 is 22.6 Å². The Kier molecular flexibility index (Phi) is 2.18. The van der Waals surface area contributed by atoms with Crippen LogP contribution in [0.3, 0.4) is 0 Å². The van der Waals surface area contributed by atoms with Crippen molar-refractivity contribution in [3.63, 3.8) is 0 Å². The summed E-state index contributed by atoms with van der Waals surface area (Å²) >= 11 is 2.57. The molecule has 0 radical (unpaired) electrons. The third-order valence-electron chi connectivity index (χ3n) is 2.02. The van der Waals surface area contributed by atoms with Gasteiger partial charge in [0.1, 0.15) is 0 Å². The van der Waals surface area contributed by atoms with Crippen LogP contribution in [0.5, 0.6) is 0 Å². The molecule has 48 valence electrons. The number of rotatable bonds is 0. The smallest absolute Gasteiger partial charge is 0.0138 e. The van der Waals surface area contributed by atoms with Gasteiger partial charge in [0.2, 0.25) is 0 Å². The average Bonchev–Trinajstić information content (AvgIpc) is 1.85. The van der Waals surface area contributed by atoms with Gasteiger partial charge in [-0.1, -0.05) is 36.4 Å². The van der Waals surface area contributed by atoms with Crippen LogP contribution in [0.25, 0.3) is 0 Å². The fourth-order valence-electron chi connectivity index (χ4n) is 1.50. The second-order valence-corrected chi connectivity index (χ2v) is 4.67. The van der Waals surface area contributed by atoms with E-state index in [9.17, 15) is 0 Å². The summed E-state index contributed by atoms with van der Waals surface area (Å²) in [5.41, 5.74) is 0. The summed E-state index contributed by atoms with van der Waals surface area (Å²) in [7, 11) is 0. The molecule has 0 aromatic heterocycles. The van der Waals surface area contributed by atoms with Crippen LogP contribution in [0.2, 0.25) is 0 Å². The first kappa shape index (κ1) is 6.84. The average molecular weight is 224 g/mol. The van der Waals surface area contributed by atoms with Gasteiger partial charge < -0.3 is 0 Å². The first-order valence-corrected chi connectivity index (χ1v) is 4.58. The minimum Gasteiger partial charge on any atom is -0.0823 e. The normalized spacial score (nSPS) is 47.6. The van der Waals surface area contributed by atoms with E-state index in [1.807, 2.05) is 0 Å². The first-order valence-electron chi connectivity index (χ1n) is 3.34. The molecule has 1 aliphatic rings. The van der Waals surface area contributed by atoms with Gasteiger partial charge in [-0.25, -0.2) is 0 Å². The predicted molar refractivity (Wildman–Crippen MR) is 45.4 cm³/mol. The summed E-state index contributed by atoms with van der Waals surface area (Å²) < 4.78 is 0.961. The third-order valence-corrected chi connectivity index (χ3v) is 3.76. The Hall–Kier alpha value is 0.730. The maximum Gasteiger partial charge on any atom is 0.0138 e. The van der Waals surface area contributed by atoms with Crippen molar-refractivity contribution in [1.29, 1.82) is 0 Å². The van der Waals surface area contributed by atoms with E-state index in [-0.39, 0.29) is 0 Å². The summed E-state index contributed by atoms with van der Waals surface area (Å²) in [5.74, 6) is 1.97. The first-order chi connectivity index (χ1) is 3.70. The molecule has 1 saturated carbocycles. The highest BCUT2D eigenvalue weighted by Crippen LogP contribution is 2.35. The van der Waals surface area contributed by atoms with Crippen LogP contribution in [0.4, 0.5) is 0 Å². The summed E-state index contributed by atoms with van der Waals surface area (Å²) in [6, 6.07) is 0. The maximum absolute atomic E-state index is 2.57. The molecular formula is C7H13I. The topological polar surface area (TPSA) is 0 Å². The van der Waals surface area contributed by atoms with E-state index < -0.39 is 0 Å². The summed E-state index contributed by atoms with van der Waals surface area (Å²) in [6.45, 7) is 4.72. The predicted octanol–water partition coefficient (Wildman–Crippen LogP) is 2.86. The van der Waals surface area contributed by atoms with E-state index in [4.69, 9.17) is 0 Å². The van der Waals surface area contributed by atoms with Gasteiger partial charge in [0.05, 0.1) is 0 Å². The highest BCUT2D eigenvalue weighted by Gasteiger charge is 2.25. The van der Waals surface area contributed by atoms with Crippen molar-refractivity contribution in [2.75, 3.05) is 0 Å². The molecule has 0 aliphatic heterocycles. The van der Waals surface area contributed by atoms with Gasteiger partial charge in [-0.3, -0.25) is 0 Å². The lowest BCUT2D eigenvalue weighted by Gasteiger charge is -2.02. The molecule has 1 aliphatic carbocycles. The molecular weight excluding hydrogens is 211 g/mol. The third kappa shape index (κ3) is 1.36. The molecule has 0 N–H and O–H groups in total. The van der Waals surface area contributed by atoms with E-state index in [0.29, 0.717) is 0 Å². The molecule has 0 amide bonds. The molecule has 3 unspecified atom stereocenters. The number of halogens is 1. The second-order valence-electron chi connectivity index (χ2n) is 3.07. The minimum absolute atomic E-state index is 0.961. The van der Waals surface area contributed by atoms with Crippen LogP contribution < -0.4 is 0 Å². The molecule has 0 bridgehead atoms. The quantitative estimate of drug-likeness (QED) is 0.438. The highest BCUT2D eigenvalue weighted by molar-refractivity contribution is 14.1. The molecule has 0 saturated heterocycles. The van der Waals surface area contributed by atoms with Gasteiger partial charge in [0.15, 0.2) is 0 Å². The van der Waals surface area contributed by atoms with Crippen LogP contribution in [0.1, 0.15) is 26.7 Å². The van der Waals surface area contributed by atoms with Crippen molar-refractivity contribution in [2.45, 2.75) is 30.6 Å². The zero-order valence-electron chi connectivity index (χ0n) is 5.52. The molecule has 0 aromatic carbocycles. The Balaban J connectivity index is 2.39. The van der Waals surface area contributed by atoms with Crippen LogP contribution in [-0.4, -0.2) is 3.92 Å². The number of hydrogen-bond donors (Lipinski definition) is 0. The van der Waals surface area contributed by atoms with Crippen molar-refractivity contribution < 1.29 is 0 Å². The molecule has 3 atom stereocenters.